The predicted molar refractivity (Wildman–Crippen MR) is 160 cm³/mol. The van der Waals surface area contributed by atoms with Crippen molar-refractivity contribution in [2.45, 2.75) is 94.3 Å². The molecule has 0 radical (unpaired) electrons. The van der Waals surface area contributed by atoms with Crippen molar-refractivity contribution in [3.05, 3.63) is 77.4 Å². The van der Waals surface area contributed by atoms with Crippen LogP contribution in [0.1, 0.15) is 86.7 Å². The van der Waals surface area contributed by atoms with Gasteiger partial charge in [0, 0.05) is 5.75 Å². The van der Waals surface area contributed by atoms with E-state index in [1.54, 1.807) is 12.1 Å². The molecular weight excluding hydrogens is 532 g/mol. The second-order valence-electron chi connectivity index (χ2n) is 9.82. The van der Waals surface area contributed by atoms with Crippen LogP contribution in [0.3, 0.4) is 0 Å². The fourth-order valence-electron chi connectivity index (χ4n) is 4.24. The third-order valence-electron chi connectivity index (χ3n) is 6.49. The Labute approximate surface area is 239 Å². The zero-order valence-corrected chi connectivity index (χ0v) is 24.9. The van der Waals surface area contributed by atoms with Gasteiger partial charge >= 0.3 is 5.97 Å². The maximum atomic E-state index is 12.7. The molecule has 0 aromatic heterocycles. The summed E-state index contributed by atoms with van der Waals surface area (Å²) >= 11 is 1.32. The topological polar surface area (TPSA) is 101 Å². The fraction of sp³-hybridized carbons (Fsp3) is 0.516. The number of aryl methyl sites for hydroxylation is 2. The minimum atomic E-state index is -4.03. The number of benzene rings is 2. The Balaban J connectivity index is 2.02. The number of carbonyl (C=O) groups is 1. The Morgan fingerprint density at radius 1 is 0.974 bits per heavy atom. The highest BCUT2D eigenvalue weighted by Crippen LogP contribution is 2.36. The number of aliphatic hydroxyl groups is 1. The van der Waals surface area contributed by atoms with E-state index in [0.29, 0.717) is 5.75 Å². The summed E-state index contributed by atoms with van der Waals surface area (Å²) in [7, 11) is -4.03. The van der Waals surface area contributed by atoms with E-state index in [9.17, 15) is 18.3 Å². The number of rotatable bonds is 20. The third-order valence-corrected chi connectivity index (χ3v) is 9.15. The molecule has 0 saturated heterocycles. The molecule has 2 rings (SSSR count). The van der Waals surface area contributed by atoms with Gasteiger partial charge in [-0.25, -0.2) is 0 Å². The van der Waals surface area contributed by atoms with Crippen molar-refractivity contribution in [2.75, 3.05) is 12.4 Å². The van der Waals surface area contributed by atoms with E-state index in [1.165, 1.54) is 49.6 Å². The number of carboxylic acids is 1. The summed E-state index contributed by atoms with van der Waals surface area (Å²) in [5, 5.41) is 19.7. The Hall–Kier alpha value is -2.13. The lowest BCUT2D eigenvalue weighted by molar-refractivity contribution is -0.136. The molecule has 6 nitrogen and oxygen atoms in total. The summed E-state index contributed by atoms with van der Waals surface area (Å²) in [6.07, 6.45) is 13.5. The van der Waals surface area contributed by atoms with Gasteiger partial charge in [0.05, 0.1) is 29.3 Å². The molecule has 2 N–H and O–H groups in total. The van der Waals surface area contributed by atoms with Crippen LogP contribution in [-0.4, -0.2) is 43.1 Å². The monoisotopic (exact) mass is 576 g/mol. The number of aliphatic hydroxyl groups excluding tert-OH is 1. The first kappa shape index (κ1) is 33.1. The van der Waals surface area contributed by atoms with Crippen molar-refractivity contribution in [1.82, 2.24) is 0 Å². The molecule has 0 amide bonds. The summed E-state index contributed by atoms with van der Waals surface area (Å²) in [5.74, 6) is -0.625. The van der Waals surface area contributed by atoms with Crippen LogP contribution in [0.5, 0.6) is 0 Å². The lowest BCUT2D eigenvalue weighted by Gasteiger charge is -2.25. The van der Waals surface area contributed by atoms with E-state index in [2.05, 4.69) is 19.1 Å². The smallest absolute Gasteiger partial charge is 0.304 e. The van der Waals surface area contributed by atoms with Crippen LogP contribution in [0.25, 0.3) is 0 Å². The largest absolute Gasteiger partial charge is 0.481 e. The Kier molecular flexibility index (Phi) is 15.5. The maximum Gasteiger partial charge on any atom is 0.304 e. The first-order valence-corrected chi connectivity index (χ1v) is 16.4. The Morgan fingerprint density at radius 3 is 2.31 bits per heavy atom. The van der Waals surface area contributed by atoms with Crippen molar-refractivity contribution in [1.29, 1.82) is 0 Å². The van der Waals surface area contributed by atoms with Crippen molar-refractivity contribution in [3.8, 4) is 0 Å². The molecule has 2 unspecified atom stereocenters. The third kappa shape index (κ3) is 12.7. The first-order valence-electron chi connectivity index (χ1n) is 13.9. The second-order valence-corrected chi connectivity index (χ2v) is 12.7. The molecule has 0 bridgehead atoms. The molecule has 39 heavy (non-hydrogen) atoms. The standard InChI is InChI=1S/C31H44O6S2/c1-3-4-5-6-7-8-9-10-11-12-15-26-16-13-14-17-28(26)31(38-23-22-30(33)34)29(32)24-37-39(35,36)27-20-18-25(2)19-21-27/h8-9,13-14,16-21,29,31-32H,3-7,10-12,15,22-24H2,1-2H3,(H,33,34). The van der Waals surface area contributed by atoms with Gasteiger partial charge < -0.3 is 10.2 Å². The first-order chi connectivity index (χ1) is 18.7. The fourth-order valence-corrected chi connectivity index (χ4v) is 6.42. The number of thioether (sulfide) groups is 1. The summed E-state index contributed by atoms with van der Waals surface area (Å²) < 4.78 is 30.6. The summed E-state index contributed by atoms with van der Waals surface area (Å²) in [5.41, 5.74) is 2.90. The lowest BCUT2D eigenvalue weighted by atomic mass is 9.97. The van der Waals surface area contributed by atoms with E-state index >= 15 is 0 Å². The molecule has 0 saturated carbocycles. The average molecular weight is 577 g/mol. The minimum absolute atomic E-state index is 0.0331. The number of allylic oxidation sites excluding steroid dienone is 2. The molecule has 0 aliphatic heterocycles. The quantitative estimate of drug-likeness (QED) is 0.0972. The highest BCUT2D eigenvalue weighted by Gasteiger charge is 2.27. The van der Waals surface area contributed by atoms with E-state index in [4.69, 9.17) is 9.29 Å². The van der Waals surface area contributed by atoms with Gasteiger partial charge in [-0.3, -0.25) is 8.98 Å². The molecule has 0 spiro atoms. The molecule has 2 aromatic carbocycles. The van der Waals surface area contributed by atoms with Gasteiger partial charge in [0.15, 0.2) is 0 Å². The summed E-state index contributed by atoms with van der Waals surface area (Å²) in [6.45, 7) is 3.67. The van der Waals surface area contributed by atoms with Gasteiger partial charge in [0.25, 0.3) is 10.1 Å². The maximum absolute atomic E-state index is 12.7. The highest BCUT2D eigenvalue weighted by molar-refractivity contribution is 7.99. The van der Waals surface area contributed by atoms with Crippen LogP contribution in [0.2, 0.25) is 0 Å². The molecule has 0 fully saturated rings. The molecule has 0 heterocycles. The van der Waals surface area contributed by atoms with Crippen molar-refractivity contribution < 1.29 is 27.6 Å². The Morgan fingerprint density at radius 2 is 1.64 bits per heavy atom. The van der Waals surface area contributed by atoms with Gasteiger partial charge in [-0.15, -0.1) is 0 Å². The lowest BCUT2D eigenvalue weighted by Crippen LogP contribution is -2.25. The molecule has 2 aromatic rings. The minimum Gasteiger partial charge on any atom is -0.481 e. The second kappa shape index (κ2) is 18.3. The van der Waals surface area contributed by atoms with Gasteiger partial charge in [0.1, 0.15) is 0 Å². The van der Waals surface area contributed by atoms with Gasteiger partial charge in [0.2, 0.25) is 0 Å². The number of carboxylic acid groups (broad SMARTS) is 1. The molecular formula is C31H44O6S2. The van der Waals surface area contributed by atoms with Crippen LogP contribution in [0, 0.1) is 6.92 Å². The number of hydrogen-bond donors (Lipinski definition) is 2. The highest BCUT2D eigenvalue weighted by atomic mass is 32.2. The average Bonchev–Trinajstić information content (AvgIpc) is 2.91. The van der Waals surface area contributed by atoms with Crippen LogP contribution in [0.4, 0.5) is 0 Å². The van der Waals surface area contributed by atoms with Crippen molar-refractivity contribution >= 4 is 27.8 Å². The molecule has 216 valence electrons. The Bertz CT molecular complexity index is 1110. The number of aliphatic carboxylic acids is 1. The van der Waals surface area contributed by atoms with Crippen molar-refractivity contribution in [2.24, 2.45) is 0 Å². The number of hydrogen-bond acceptors (Lipinski definition) is 6. The molecule has 0 aliphatic carbocycles. The van der Waals surface area contributed by atoms with E-state index in [1.807, 2.05) is 31.2 Å². The summed E-state index contributed by atoms with van der Waals surface area (Å²) in [6, 6.07) is 14.1. The predicted octanol–water partition coefficient (Wildman–Crippen LogP) is 7.25. The van der Waals surface area contributed by atoms with Gasteiger partial charge in [-0.1, -0.05) is 80.3 Å². The zero-order chi connectivity index (χ0) is 28.5. The van der Waals surface area contributed by atoms with Crippen LogP contribution < -0.4 is 0 Å². The van der Waals surface area contributed by atoms with E-state index < -0.39 is 34.0 Å². The molecule has 8 heteroatoms. The summed E-state index contributed by atoms with van der Waals surface area (Å²) in [4.78, 5) is 11.2. The van der Waals surface area contributed by atoms with Gasteiger partial charge in [-0.05, 0) is 68.7 Å². The molecule has 0 aliphatic rings. The van der Waals surface area contributed by atoms with E-state index in [-0.39, 0.29) is 11.3 Å². The van der Waals surface area contributed by atoms with Crippen LogP contribution in [0.15, 0.2) is 65.6 Å². The number of unbranched alkanes of at least 4 members (excludes halogenated alkanes) is 6. The zero-order valence-electron chi connectivity index (χ0n) is 23.3. The SMILES string of the molecule is CCCCCCC=CCCCCc1ccccc1C(SCCC(=O)O)C(O)COS(=O)(=O)c1ccc(C)cc1. The van der Waals surface area contributed by atoms with Gasteiger partial charge in [-0.2, -0.15) is 20.2 Å². The van der Waals surface area contributed by atoms with Crippen molar-refractivity contribution in [3.63, 3.8) is 0 Å². The van der Waals surface area contributed by atoms with E-state index in [0.717, 1.165) is 48.8 Å². The molecule has 2 atom stereocenters. The van der Waals surface area contributed by atoms with Crippen LogP contribution >= 0.6 is 11.8 Å². The van der Waals surface area contributed by atoms with Crippen LogP contribution in [-0.2, 0) is 25.5 Å². The normalized spacial score (nSPS) is 13.5.